The Morgan fingerprint density at radius 3 is 2.82 bits per heavy atom. The zero-order valence-corrected chi connectivity index (χ0v) is 15.9. The second-order valence-electron chi connectivity index (χ2n) is 6.47. The molecule has 1 aliphatic carbocycles. The van der Waals surface area contributed by atoms with Crippen molar-refractivity contribution < 1.29 is 13.9 Å². The molecule has 28 heavy (non-hydrogen) atoms. The fourth-order valence-electron chi connectivity index (χ4n) is 3.12. The number of hydrogen-bond donors (Lipinski definition) is 1. The minimum Gasteiger partial charge on any atom is -0.484 e. The summed E-state index contributed by atoms with van der Waals surface area (Å²) in [6.45, 7) is 0.0400. The molecule has 1 aliphatic rings. The van der Waals surface area contributed by atoms with Crippen molar-refractivity contribution in [3.63, 3.8) is 0 Å². The van der Waals surface area contributed by atoms with E-state index >= 15 is 0 Å². The van der Waals surface area contributed by atoms with Crippen molar-refractivity contribution >= 4 is 24.1 Å². The minimum absolute atomic E-state index is 0.0978. The standard InChI is InChI=1S/C19H19N5O3S/c25-16(22-18-20-8-3-9-21-18)11-24-19(28)27-17(23-24)12-26-15-7-6-13-4-1-2-5-14(13)10-15/h3,6-10H,1-2,4-5,11-12H2,(H,20,21,22,25). The number of hydrogen-bond acceptors (Lipinski definition) is 7. The molecule has 1 N–H and O–H groups in total. The lowest BCUT2D eigenvalue weighted by atomic mass is 9.92. The number of carbonyl (C=O) groups is 1. The fraction of sp³-hybridized carbons (Fsp3) is 0.316. The normalized spacial score (nSPS) is 13.0. The molecule has 0 bridgehead atoms. The second-order valence-corrected chi connectivity index (χ2v) is 6.82. The van der Waals surface area contributed by atoms with Gasteiger partial charge in [-0.2, -0.15) is 0 Å². The summed E-state index contributed by atoms with van der Waals surface area (Å²) in [6, 6.07) is 7.82. The molecular formula is C19H19N5O3S. The third kappa shape index (κ3) is 4.42. The van der Waals surface area contributed by atoms with E-state index in [1.54, 1.807) is 18.5 Å². The molecule has 1 amide bonds. The first-order chi connectivity index (χ1) is 13.7. The van der Waals surface area contributed by atoms with Gasteiger partial charge in [-0.15, -0.1) is 5.10 Å². The highest BCUT2D eigenvalue weighted by atomic mass is 32.1. The zero-order chi connectivity index (χ0) is 19.3. The molecule has 0 fully saturated rings. The Bertz CT molecular complexity index is 1030. The van der Waals surface area contributed by atoms with Crippen molar-refractivity contribution in [1.29, 1.82) is 0 Å². The molecular weight excluding hydrogens is 378 g/mol. The van der Waals surface area contributed by atoms with Gasteiger partial charge in [-0.3, -0.25) is 10.1 Å². The summed E-state index contributed by atoms with van der Waals surface area (Å²) >= 11 is 5.13. The van der Waals surface area contributed by atoms with E-state index in [1.165, 1.54) is 28.7 Å². The molecule has 8 nitrogen and oxygen atoms in total. The summed E-state index contributed by atoms with van der Waals surface area (Å²) < 4.78 is 12.5. The van der Waals surface area contributed by atoms with E-state index in [2.05, 4.69) is 32.5 Å². The Labute approximate surface area is 166 Å². The largest absolute Gasteiger partial charge is 0.484 e. The summed E-state index contributed by atoms with van der Waals surface area (Å²) in [5, 5.41) is 6.79. The Kier molecular flexibility index (Phi) is 5.43. The molecule has 2 aromatic heterocycles. The van der Waals surface area contributed by atoms with Gasteiger partial charge in [0.1, 0.15) is 12.3 Å². The van der Waals surface area contributed by atoms with Crippen LogP contribution in [0.1, 0.15) is 29.9 Å². The number of anilines is 1. The van der Waals surface area contributed by atoms with Crippen LogP contribution in [-0.2, 0) is 30.8 Å². The first kappa shape index (κ1) is 18.3. The predicted octanol–water partition coefficient (Wildman–Crippen LogP) is 3.09. The van der Waals surface area contributed by atoms with Crippen molar-refractivity contribution in [2.45, 2.75) is 38.8 Å². The average molecular weight is 397 g/mol. The number of ether oxygens (including phenoxy) is 1. The molecule has 0 aliphatic heterocycles. The van der Waals surface area contributed by atoms with Gasteiger partial charge in [-0.1, -0.05) is 6.07 Å². The molecule has 0 spiro atoms. The maximum Gasteiger partial charge on any atom is 0.287 e. The summed E-state index contributed by atoms with van der Waals surface area (Å²) in [4.78, 5) is 20.1. The van der Waals surface area contributed by atoms with E-state index in [0.29, 0.717) is 5.89 Å². The molecule has 0 unspecified atom stereocenters. The Balaban J connectivity index is 1.36. The second kappa shape index (κ2) is 8.30. The topological polar surface area (TPSA) is 95.1 Å². The molecule has 0 saturated carbocycles. The highest BCUT2D eigenvalue weighted by Crippen LogP contribution is 2.25. The maximum absolute atomic E-state index is 12.1. The van der Waals surface area contributed by atoms with Gasteiger partial charge >= 0.3 is 0 Å². The smallest absolute Gasteiger partial charge is 0.287 e. The highest BCUT2D eigenvalue weighted by molar-refractivity contribution is 7.71. The van der Waals surface area contributed by atoms with E-state index < -0.39 is 0 Å². The number of carbonyl (C=O) groups excluding carboxylic acids is 1. The average Bonchev–Trinajstić information content (AvgIpc) is 3.06. The summed E-state index contributed by atoms with van der Waals surface area (Å²) in [5.41, 5.74) is 2.74. The number of benzene rings is 1. The van der Waals surface area contributed by atoms with Crippen LogP contribution in [-0.4, -0.2) is 25.7 Å². The van der Waals surface area contributed by atoms with Crippen LogP contribution in [0, 0.1) is 4.84 Å². The molecule has 0 atom stereocenters. The van der Waals surface area contributed by atoms with Gasteiger partial charge in [0.2, 0.25) is 11.9 Å². The lowest BCUT2D eigenvalue weighted by Crippen LogP contribution is -2.21. The molecule has 1 aromatic carbocycles. The van der Waals surface area contributed by atoms with Crippen molar-refractivity contribution in [3.05, 3.63) is 58.5 Å². The quantitative estimate of drug-likeness (QED) is 0.639. The van der Waals surface area contributed by atoms with E-state index in [9.17, 15) is 4.79 Å². The lowest BCUT2D eigenvalue weighted by molar-refractivity contribution is -0.117. The van der Waals surface area contributed by atoms with E-state index in [1.807, 2.05) is 6.07 Å². The lowest BCUT2D eigenvalue weighted by Gasteiger charge is -2.16. The number of aryl methyl sites for hydroxylation is 2. The molecule has 3 aromatic rings. The van der Waals surface area contributed by atoms with Gasteiger partial charge in [0.05, 0.1) is 0 Å². The SMILES string of the molecule is O=C(Cn1nc(COc2ccc3c(c2)CCCC3)oc1=S)Nc1ncccn1. The van der Waals surface area contributed by atoms with Crippen molar-refractivity contribution in [3.8, 4) is 5.75 Å². The molecule has 0 saturated heterocycles. The summed E-state index contributed by atoms with van der Waals surface area (Å²) in [7, 11) is 0. The first-order valence-electron chi connectivity index (χ1n) is 9.06. The van der Waals surface area contributed by atoms with Crippen LogP contribution in [0.2, 0.25) is 0 Å². The zero-order valence-electron chi connectivity index (χ0n) is 15.1. The van der Waals surface area contributed by atoms with Crippen molar-refractivity contribution in [1.82, 2.24) is 19.7 Å². The van der Waals surface area contributed by atoms with Gasteiger partial charge in [0.15, 0.2) is 6.61 Å². The van der Waals surface area contributed by atoms with E-state index in [-0.39, 0.29) is 29.8 Å². The predicted molar refractivity (Wildman–Crippen MR) is 103 cm³/mol. The molecule has 4 rings (SSSR count). The van der Waals surface area contributed by atoms with Crippen LogP contribution >= 0.6 is 12.2 Å². The highest BCUT2D eigenvalue weighted by Gasteiger charge is 2.13. The monoisotopic (exact) mass is 397 g/mol. The Morgan fingerprint density at radius 1 is 1.21 bits per heavy atom. The van der Waals surface area contributed by atoms with E-state index in [0.717, 1.165) is 18.6 Å². The van der Waals surface area contributed by atoms with Gasteiger partial charge in [0.25, 0.3) is 10.7 Å². The Hall–Kier alpha value is -3.07. The van der Waals surface area contributed by atoms with Gasteiger partial charge in [-0.25, -0.2) is 14.6 Å². The number of fused-ring (bicyclic) bond motifs is 1. The van der Waals surface area contributed by atoms with Crippen LogP contribution in [0.5, 0.6) is 5.75 Å². The van der Waals surface area contributed by atoms with Crippen molar-refractivity contribution in [2.24, 2.45) is 0 Å². The fourth-order valence-corrected chi connectivity index (χ4v) is 3.32. The number of aromatic nitrogens is 4. The number of nitrogens with zero attached hydrogens (tertiary/aromatic N) is 4. The Morgan fingerprint density at radius 2 is 2.00 bits per heavy atom. The summed E-state index contributed by atoms with van der Waals surface area (Å²) in [5.74, 6) is 0.956. The van der Waals surface area contributed by atoms with Crippen LogP contribution in [0.3, 0.4) is 0 Å². The van der Waals surface area contributed by atoms with Crippen LogP contribution in [0.4, 0.5) is 5.95 Å². The van der Waals surface area contributed by atoms with Crippen molar-refractivity contribution in [2.75, 3.05) is 5.32 Å². The minimum atomic E-state index is -0.349. The molecule has 9 heteroatoms. The molecule has 2 heterocycles. The molecule has 144 valence electrons. The van der Waals surface area contributed by atoms with Crippen LogP contribution in [0.25, 0.3) is 0 Å². The molecule has 0 radical (unpaired) electrons. The van der Waals surface area contributed by atoms with Crippen LogP contribution < -0.4 is 10.1 Å². The third-order valence-electron chi connectivity index (χ3n) is 4.44. The first-order valence-corrected chi connectivity index (χ1v) is 9.46. The number of rotatable bonds is 6. The maximum atomic E-state index is 12.1. The van der Waals surface area contributed by atoms with Gasteiger partial charge in [0, 0.05) is 12.4 Å². The number of amides is 1. The number of nitrogens with one attached hydrogen (secondary N) is 1. The van der Waals surface area contributed by atoms with Crippen LogP contribution in [0.15, 0.2) is 41.1 Å². The van der Waals surface area contributed by atoms with Gasteiger partial charge < -0.3 is 9.15 Å². The van der Waals surface area contributed by atoms with Gasteiger partial charge in [-0.05, 0) is 67.2 Å². The summed E-state index contributed by atoms with van der Waals surface area (Å²) in [6.07, 6.45) is 7.76. The van der Waals surface area contributed by atoms with E-state index in [4.69, 9.17) is 21.4 Å². The third-order valence-corrected chi connectivity index (χ3v) is 4.73.